The van der Waals surface area contributed by atoms with Crippen LogP contribution in [-0.4, -0.2) is 37.0 Å². The summed E-state index contributed by atoms with van der Waals surface area (Å²) < 4.78 is 1.39. The van der Waals surface area contributed by atoms with Crippen LogP contribution in [0.25, 0.3) is 0 Å². The van der Waals surface area contributed by atoms with Crippen molar-refractivity contribution in [3.8, 4) is 0 Å². The number of nitrogens with one attached hydrogen (secondary N) is 1. The number of rotatable bonds is 6. The van der Waals surface area contributed by atoms with Gasteiger partial charge in [0.25, 0.3) is 0 Å². The van der Waals surface area contributed by atoms with Crippen LogP contribution in [0.1, 0.15) is 20.3 Å². The maximum Gasteiger partial charge on any atom is 0.381 e. The average molecular weight is 270 g/mol. The van der Waals surface area contributed by atoms with E-state index in [0.717, 1.165) is 0 Å². The average Bonchev–Trinajstić information content (AvgIpc) is 2.74. The van der Waals surface area contributed by atoms with Crippen LogP contribution in [0.2, 0.25) is 0 Å². The minimum atomic E-state index is -1.35. The Labute approximate surface area is 108 Å². The van der Waals surface area contributed by atoms with Crippen LogP contribution >= 0.6 is 0 Å². The Morgan fingerprint density at radius 1 is 1.58 bits per heavy atom. The molecule has 2 N–H and O–H groups in total. The monoisotopic (exact) mass is 270 g/mol. The molecule has 0 aliphatic carbocycles. The number of hydrogen-bond donors (Lipinski definition) is 2. The van der Waals surface area contributed by atoms with E-state index >= 15 is 0 Å². The lowest BCUT2D eigenvalue weighted by atomic mass is 10.1. The van der Waals surface area contributed by atoms with Crippen LogP contribution in [0.5, 0.6) is 0 Å². The van der Waals surface area contributed by atoms with Gasteiger partial charge in [-0.1, -0.05) is 0 Å². The van der Waals surface area contributed by atoms with Crippen LogP contribution in [-0.2, 0) is 16.1 Å². The highest BCUT2D eigenvalue weighted by atomic mass is 16.6. The zero-order chi connectivity index (χ0) is 14.6. The molecular formula is C10H14N4O5. The van der Waals surface area contributed by atoms with Crippen molar-refractivity contribution in [1.82, 2.24) is 14.9 Å². The predicted molar refractivity (Wildman–Crippen MR) is 63.4 cm³/mol. The largest absolute Gasteiger partial charge is 0.480 e. The Hall–Kier alpha value is -2.45. The van der Waals surface area contributed by atoms with Crippen molar-refractivity contribution in [2.75, 3.05) is 0 Å². The third-order valence-corrected chi connectivity index (χ3v) is 2.39. The highest BCUT2D eigenvalue weighted by molar-refractivity contribution is 5.86. The molecule has 19 heavy (non-hydrogen) atoms. The molecule has 9 heteroatoms. The molecule has 9 nitrogen and oxygen atoms in total. The van der Waals surface area contributed by atoms with Crippen molar-refractivity contribution in [1.29, 1.82) is 0 Å². The van der Waals surface area contributed by atoms with Crippen LogP contribution < -0.4 is 5.32 Å². The first-order chi connectivity index (χ1) is 8.72. The summed E-state index contributed by atoms with van der Waals surface area (Å²) >= 11 is 0. The SMILES string of the molecule is CC(C)(NC(=O)CCn1cnc([N+](=O)[O-])c1)C(=O)O. The Balaban J connectivity index is 2.50. The summed E-state index contributed by atoms with van der Waals surface area (Å²) in [6.45, 7) is 2.92. The Morgan fingerprint density at radius 2 is 2.21 bits per heavy atom. The number of carboxylic acid groups (broad SMARTS) is 1. The maximum absolute atomic E-state index is 11.5. The van der Waals surface area contributed by atoms with Crippen molar-refractivity contribution in [2.24, 2.45) is 0 Å². The summed E-state index contributed by atoms with van der Waals surface area (Å²) in [6, 6.07) is 0. The molecule has 0 saturated carbocycles. The fourth-order valence-electron chi connectivity index (χ4n) is 1.26. The van der Waals surface area contributed by atoms with E-state index in [2.05, 4.69) is 10.3 Å². The van der Waals surface area contributed by atoms with E-state index in [0.29, 0.717) is 0 Å². The minimum Gasteiger partial charge on any atom is -0.480 e. The molecule has 1 aromatic rings. The van der Waals surface area contributed by atoms with Gasteiger partial charge in [-0.25, -0.2) is 4.79 Å². The van der Waals surface area contributed by atoms with Gasteiger partial charge in [0.2, 0.25) is 12.2 Å². The number of aliphatic carboxylic acids is 1. The number of imidazole rings is 1. The topological polar surface area (TPSA) is 127 Å². The van der Waals surface area contributed by atoms with Crippen molar-refractivity contribution >= 4 is 17.7 Å². The third-order valence-electron chi connectivity index (χ3n) is 2.39. The smallest absolute Gasteiger partial charge is 0.381 e. The van der Waals surface area contributed by atoms with Crippen LogP contribution in [0.3, 0.4) is 0 Å². The number of carbonyl (C=O) groups is 2. The van der Waals surface area contributed by atoms with E-state index in [9.17, 15) is 19.7 Å². The molecule has 1 amide bonds. The molecule has 0 fully saturated rings. The fraction of sp³-hybridized carbons (Fsp3) is 0.500. The lowest BCUT2D eigenvalue weighted by Gasteiger charge is -2.20. The van der Waals surface area contributed by atoms with Gasteiger partial charge in [0.1, 0.15) is 11.7 Å². The summed E-state index contributed by atoms with van der Waals surface area (Å²) in [5.74, 6) is -1.89. The molecule has 0 aliphatic rings. The summed E-state index contributed by atoms with van der Waals surface area (Å²) in [5.41, 5.74) is -1.35. The van der Waals surface area contributed by atoms with E-state index in [-0.39, 0.29) is 18.8 Å². The van der Waals surface area contributed by atoms with Crippen molar-refractivity contribution < 1.29 is 19.6 Å². The van der Waals surface area contributed by atoms with Gasteiger partial charge in [-0.3, -0.25) is 4.79 Å². The first-order valence-corrected chi connectivity index (χ1v) is 5.43. The third kappa shape index (κ3) is 4.05. The minimum absolute atomic E-state index is 0.00419. The predicted octanol–water partition coefficient (Wildman–Crippen LogP) is 0.161. The Kier molecular flexibility index (Phi) is 4.20. The molecule has 0 radical (unpaired) electrons. The van der Waals surface area contributed by atoms with Gasteiger partial charge in [0.15, 0.2) is 0 Å². The second kappa shape index (κ2) is 5.46. The van der Waals surface area contributed by atoms with Gasteiger partial charge < -0.3 is 25.1 Å². The number of nitro groups is 1. The van der Waals surface area contributed by atoms with E-state index < -0.39 is 22.3 Å². The van der Waals surface area contributed by atoms with Gasteiger partial charge in [0, 0.05) is 13.0 Å². The lowest BCUT2D eigenvalue weighted by molar-refractivity contribution is -0.389. The number of carboxylic acids is 1. The summed E-state index contributed by atoms with van der Waals surface area (Å²) in [5, 5.41) is 21.6. The number of carbonyl (C=O) groups excluding carboxylic acids is 1. The fourth-order valence-corrected chi connectivity index (χ4v) is 1.26. The zero-order valence-corrected chi connectivity index (χ0v) is 10.5. The van der Waals surface area contributed by atoms with Crippen LogP contribution in [0, 0.1) is 10.1 Å². The molecule has 0 aromatic carbocycles. The first kappa shape index (κ1) is 14.6. The molecule has 0 atom stereocenters. The standard InChI is InChI=1S/C10H14N4O5/c1-10(2,9(16)17)12-8(15)3-4-13-5-7(11-6-13)14(18)19/h5-6H,3-4H2,1-2H3,(H,12,15)(H,16,17). The van der Waals surface area contributed by atoms with Crippen LogP contribution in [0.4, 0.5) is 5.82 Å². The summed E-state index contributed by atoms with van der Waals surface area (Å²) in [7, 11) is 0. The van der Waals surface area contributed by atoms with Gasteiger partial charge in [-0.2, -0.15) is 0 Å². The van der Waals surface area contributed by atoms with Crippen LogP contribution in [0.15, 0.2) is 12.5 Å². The van der Waals surface area contributed by atoms with Crippen molar-refractivity contribution in [3.63, 3.8) is 0 Å². The summed E-state index contributed by atoms with van der Waals surface area (Å²) in [4.78, 5) is 35.6. The van der Waals surface area contributed by atoms with Gasteiger partial charge in [0.05, 0.1) is 0 Å². The Bertz CT molecular complexity index is 508. The lowest BCUT2D eigenvalue weighted by Crippen LogP contribution is -2.49. The molecule has 1 aromatic heterocycles. The first-order valence-electron chi connectivity index (χ1n) is 5.43. The van der Waals surface area contributed by atoms with E-state index in [1.54, 1.807) is 0 Å². The number of aryl methyl sites for hydroxylation is 1. The highest BCUT2D eigenvalue weighted by Crippen LogP contribution is 2.07. The molecule has 0 unspecified atom stereocenters. The van der Waals surface area contributed by atoms with E-state index in [1.807, 2.05) is 0 Å². The quantitative estimate of drug-likeness (QED) is 0.560. The molecule has 0 aliphatic heterocycles. The molecule has 0 spiro atoms. The molecule has 1 rings (SSSR count). The molecule has 104 valence electrons. The van der Waals surface area contributed by atoms with E-state index in [1.165, 1.54) is 30.9 Å². The van der Waals surface area contributed by atoms with Crippen molar-refractivity contribution in [2.45, 2.75) is 32.4 Å². The van der Waals surface area contributed by atoms with E-state index in [4.69, 9.17) is 5.11 Å². The summed E-state index contributed by atoms with van der Waals surface area (Å²) in [6.07, 6.45) is 2.45. The molecule has 0 saturated heterocycles. The normalized spacial score (nSPS) is 11.1. The molecule has 1 heterocycles. The zero-order valence-electron chi connectivity index (χ0n) is 10.5. The Morgan fingerprint density at radius 3 is 2.68 bits per heavy atom. The number of hydrogen-bond acceptors (Lipinski definition) is 5. The van der Waals surface area contributed by atoms with Gasteiger partial charge in [-0.15, -0.1) is 0 Å². The van der Waals surface area contributed by atoms with Crippen molar-refractivity contribution in [3.05, 3.63) is 22.6 Å². The maximum atomic E-state index is 11.5. The second-order valence-electron chi connectivity index (χ2n) is 4.46. The second-order valence-corrected chi connectivity index (χ2v) is 4.46. The highest BCUT2D eigenvalue weighted by Gasteiger charge is 2.28. The van der Waals surface area contributed by atoms with Gasteiger partial charge in [-0.05, 0) is 23.8 Å². The van der Waals surface area contributed by atoms with Gasteiger partial charge >= 0.3 is 11.8 Å². The number of amides is 1. The molecule has 0 bridgehead atoms. The molecular weight excluding hydrogens is 256 g/mol. The number of nitrogens with zero attached hydrogens (tertiary/aromatic N) is 3. The number of aromatic nitrogens is 2.